The van der Waals surface area contributed by atoms with Gasteiger partial charge >= 0.3 is 17.9 Å². The number of Topliss-reactive ketones (excluding diaryl/α,β-unsaturated/α-hetero) is 1. The number of hydrogen-bond donors (Lipinski definition) is 6. The third kappa shape index (κ3) is 9.30. The van der Waals surface area contributed by atoms with E-state index >= 15 is 0 Å². The molecule has 3 atom stereocenters. The summed E-state index contributed by atoms with van der Waals surface area (Å²) in [7, 11) is 1.31. The van der Waals surface area contributed by atoms with Crippen molar-refractivity contribution in [1.29, 1.82) is 0 Å². The van der Waals surface area contributed by atoms with Crippen LogP contribution in [0.2, 0.25) is 0 Å². The second kappa shape index (κ2) is 11.6. The number of likely N-dealkylation sites (N-methyl/N-ethyl adjacent to an activating group) is 1. The van der Waals surface area contributed by atoms with Crippen molar-refractivity contribution in [2.75, 3.05) is 7.05 Å². The van der Waals surface area contributed by atoms with Crippen LogP contribution in [0.5, 0.6) is 0 Å². The predicted molar refractivity (Wildman–Crippen MR) is 88.8 cm³/mol. The molecule has 0 fully saturated rings. The lowest BCUT2D eigenvalue weighted by Crippen LogP contribution is -2.55. The number of rotatable bonds is 13. The Kier molecular flexibility index (Phi) is 10.3. The molecule has 27 heavy (non-hydrogen) atoms. The van der Waals surface area contributed by atoms with Crippen LogP contribution in [0.1, 0.15) is 32.6 Å². The fourth-order valence-electron chi connectivity index (χ4n) is 2.10. The molecule has 0 saturated carbocycles. The molecule has 12 nitrogen and oxygen atoms in total. The number of carboxylic acid groups (broad SMARTS) is 3. The summed E-state index contributed by atoms with van der Waals surface area (Å²) in [5.41, 5.74) is 0. The molecule has 0 aromatic rings. The van der Waals surface area contributed by atoms with Gasteiger partial charge in [-0.25, -0.2) is 0 Å². The molecular formula is C15H23N3O9. The highest BCUT2D eigenvalue weighted by molar-refractivity contribution is 5.96. The summed E-state index contributed by atoms with van der Waals surface area (Å²) in [6.07, 6.45) is -2.22. The van der Waals surface area contributed by atoms with Crippen LogP contribution >= 0.6 is 0 Å². The number of ketones is 1. The van der Waals surface area contributed by atoms with Gasteiger partial charge in [0.25, 0.3) is 0 Å². The van der Waals surface area contributed by atoms with Crippen LogP contribution in [0.25, 0.3) is 0 Å². The van der Waals surface area contributed by atoms with Crippen LogP contribution in [0.4, 0.5) is 0 Å². The Labute approximate surface area is 154 Å². The van der Waals surface area contributed by atoms with Gasteiger partial charge in [-0.15, -0.1) is 0 Å². The molecule has 152 valence electrons. The van der Waals surface area contributed by atoms with E-state index in [9.17, 15) is 28.8 Å². The van der Waals surface area contributed by atoms with E-state index in [0.717, 1.165) is 0 Å². The smallest absolute Gasteiger partial charge is 0.305 e. The van der Waals surface area contributed by atoms with Gasteiger partial charge < -0.3 is 31.3 Å². The Bertz CT molecular complexity index is 605. The molecule has 0 radical (unpaired) electrons. The SMILES string of the molecule is CCC(=O)C(CC(=O)O)NC(=O)C(CC(=O)O)NC(=O)C(CC(=O)O)NC. The minimum Gasteiger partial charge on any atom is -0.481 e. The summed E-state index contributed by atoms with van der Waals surface area (Å²) in [5, 5.41) is 33.2. The van der Waals surface area contributed by atoms with E-state index in [1.54, 1.807) is 0 Å². The first-order valence-corrected chi connectivity index (χ1v) is 7.97. The lowest BCUT2D eigenvalue weighted by molar-refractivity contribution is -0.143. The van der Waals surface area contributed by atoms with E-state index in [2.05, 4.69) is 16.0 Å². The second-order valence-corrected chi connectivity index (χ2v) is 5.58. The second-order valence-electron chi connectivity index (χ2n) is 5.58. The van der Waals surface area contributed by atoms with Crippen LogP contribution in [0.15, 0.2) is 0 Å². The van der Waals surface area contributed by atoms with Gasteiger partial charge in [-0.1, -0.05) is 6.92 Å². The number of nitrogens with one attached hydrogen (secondary N) is 3. The Morgan fingerprint density at radius 3 is 1.48 bits per heavy atom. The highest BCUT2D eigenvalue weighted by Crippen LogP contribution is 2.02. The van der Waals surface area contributed by atoms with Gasteiger partial charge in [-0.05, 0) is 7.05 Å². The molecule has 0 saturated heterocycles. The summed E-state index contributed by atoms with van der Waals surface area (Å²) in [4.78, 5) is 68.7. The number of carbonyl (C=O) groups excluding carboxylic acids is 3. The van der Waals surface area contributed by atoms with Gasteiger partial charge in [0.05, 0.1) is 31.3 Å². The average Bonchev–Trinajstić information content (AvgIpc) is 2.56. The quantitative estimate of drug-likeness (QED) is 0.204. The van der Waals surface area contributed by atoms with Gasteiger partial charge in [-0.3, -0.25) is 28.8 Å². The molecule has 0 aromatic carbocycles. The molecule has 0 aromatic heterocycles. The normalized spacial score (nSPS) is 13.7. The maximum atomic E-state index is 12.3. The molecule has 0 aliphatic heterocycles. The van der Waals surface area contributed by atoms with Crippen molar-refractivity contribution < 1.29 is 44.1 Å². The van der Waals surface area contributed by atoms with Gasteiger partial charge in [0.2, 0.25) is 11.8 Å². The van der Waals surface area contributed by atoms with Crippen molar-refractivity contribution in [3.05, 3.63) is 0 Å². The third-order valence-corrected chi connectivity index (χ3v) is 3.49. The summed E-state index contributed by atoms with van der Waals surface area (Å²) >= 11 is 0. The van der Waals surface area contributed by atoms with Crippen molar-refractivity contribution in [1.82, 2.24) is 16.0 Å². The largest absolute Gasteiger partial charge is 0.481 e. The zero-order valence-corrected chi connectivity index (χ0v) is 14.9. The summed E-state index contributed by atoms with van der Waals surface area (Å²) < 4.78 is 0. The van der Waals surface area contributed by atoms with Crippen LogP contribution in [-0.2, 0) is 28.8 Å². The van der Waals surface area contributed by atoms with E-state index in [4.69, 9.17) is 15.3 Å². The van der Waals surface area contributed by atoms with E-state index in [-0.39, 0.29) is 6.42 Å². The van der Waals surface area contributed by atoms with Gasteiger partial charge in [0.15, 0.2) is 5.78 Å². The van der Waals surface area contributed by atoms with Crippen molar-refractivity contribution in [3.8, 4) is 0 Å². The van der Waals surface area contributed by atoms with Gasteiger partial charge in [0.1, 0.15) is 6.04 Å². The topological polar surface area (TPSA) is 199 Å². The molecule has 2 amide bonds. The van der Waals surface area contributed by atoms with Gasteiger partial charge in [0, 0.05) is 6.42 Å². The van der Waals surface area contributed by atoms with Gasteiger partial charge in [-0.2, -0.15) is 0 Å². The molecule has 12 heteroatoms. The molecule has 0 rings (SSSR count). The molecule has 0 aliphatic rings. The Morgan fingerprint density at radius 2 is 1.07 bits per heavy atom. The molecule has 0 aliphatic carbocycles. The Balaban J connectivity index is 5.30. The van der Waals surface area contributed by atoms with Crippen molar-refractivity contribution in [2.45, 2.75) is 50.7 Å². The number of amides is 2. The molecule has 0 heterocycles. The van der Waals surface area contributed by atoms with Crippen LogP contribution < -0.4 is 16.0 Å². The minimum atomic E-state index is -1.62. The van der Waals surface area contributed by atoms with Crippen LogP contribution in [0, 0.1) is 0 Å². The zero-order chi connectivity index (χ0) is 21.1. The minimum absolute atomic E-state index is 0.0609. The predicted octanol–water partition coefficient (Wildman–Crippen LogP) is -2.05. The number of aliphatic carboxylic acids is 3. The Hall–Kier alpha value is -3.02. The lowest BCUT2D eigenvalue weighted by Gasteiger charge is -2.22. The zero-order valence-electron chi connectivity index (χ0n) is 14.9. The van der Waals surface area contributed by atoms with E-state index in [1.165, 1.54) is 14.0 Å². The highest BCUT2D eigenvalue weighted by atomic mass is 16.4. The van der Waals surface area contributed by atoms with E-state index in [0.29, 0.717) is 0 Å². The molecular weight excluding hydrogens is 366 g/mol. The maximum Gasteiger partial charge on any atom is 0.305 e. The first kappa shape index (κ1) is 24.0. The fourth-order valence-corrected chi connectivity index (χ4v) is 2.10. The average molecular weight is 389 g/mol. The van der Waals surface area contributed by atoms with Crippen molar-refractivity contribution in [3.63, 3.8) is 0 Å². The third-order valence-electron chi connectivity index (χ3n) is 3.49. The molecule has 6 N–H and O–H groups in total. The van der Waals surface area contributed by atoms with E-state index in [1.807, 2.05) is 0 Å². The molecule has 3 unspecified atom stereocenters. The molecule has 0 bridgehead atoms. The van der Waals surface area contributed by atoms with Crippen molar-refractivity contribution >= 4 is 35.5 Å². The summed E-state index contributed by atoms with van der Waals surface area (Å²) in [6, 6.07) is -4.23. The maximum absolute atomic E-state index is 12.3. The number of carbonyl (C=O) groups is 6. The first-order valence-electron chi connectivity index (χ1n) is 7.97. The van der Waals surface area contributed by atoms with Crippen LogP contribution in [-0.4, -0.2) is 76.0 Å². The number of hydrogen-bond acceptors (Lipinski definition) is 7. The fraction of sp³-hybridized carbons (Fsp3) is 0.600. The number of carboxylic acids is 3. The van der Waals surface area contributed by atoms with E-state index < -0.39 is 72.9 Å². The molecule has 0 spiro atoms. The van der Waals surface area contributed by atoms with Crippen molar-refractivity contribution in [2.24, 2.45) is 0 Å². The van der Waals surface area contributed by atoms with Crippen LogP contribution in [0.3, 0.4) is 0 Å². The monoisotopic (exact) mass is 389 g/mol. The Morgan fingerprint density at radius 1 is 0.704 bits per heavy atom. The highest BCUT2D eigenvalue weighted by Gasteiger charge is 2.31. The summed E-state index contributed by atoms with van der Waals surface area (Å²) in [6.45, 7) is 1.46. The standard InChI is InChI=1S/C15H23N3O9/c1-3-10(19)7(4-11(20)21)17-15(27)9(6-13(24)25)18-14(26)8(16-2)5-12(22)23/h7-9,16H,3-6H2,1-2H3,(H,17,27)(H,18,26)(H,20,21)(H,22,23)(H,24,25). The summed E-state index contributed by atoms with van der Waals surface area (Å²) in [5.74, 6) is -6.66. The first-order chi connectivity index (χ1) is 12.5. The lowest BCUT2D eigenvalue weighted by atomic mass is 10.1.